The highest BCUT2D eigenvalue weighted by molar-refractivity contribution is 7.17. The lowest BCUT2D eigenvalue weighted by molar-refractivity contribution is 0.0522. The van der Waals surface area contributed by atoms with Crippen molar-refractivity contribution in [1.82, 2.24) is 19.1 Å². The minimum atomic E-state index is -0.696. The van der Waals surface area contributed by atoms with Gasteiger partial charge in [-0.2, -0.15) is 9.98 Å². The first-order chi connectivity index (χ1) is 17.3. The molecule has 0 atom stereocenters. The van der Waals surface area contributed by atoms with Crippen LogP contribution in [0.2, 0.25) is 0 Å². The van der Waals surface area contributed by atoms with E-state index in [-0.39, 0.29) is 39.5 Å². The summed E-state index contributed by atoms with van der Waals surface area (Å²) < 4.78 is 13.6. The predicted molar refractivity (Wildman–Crippen MR) is 137 cm³/mol. The average molecular weight is 565 g/mol. The van der Waals surface area contributed by atoms with Crippen LogP contribution >= 0.6 is 45.3 Å². The summed E-state index contributed by atoms with van der Waals surface area (Å²) in [5.74, 6) is -2.02. The first-order valence-corrected chi connectivity index (χ1v) is 13.9. The Morgan fingerprint density at radius 2 is 1.61 bits per heavy atom. The maximum absolute atomic E-state index is 13.8. The van der Waals surface area contributed by atoms with E-state index in [9.17, 15) is 14.4 Å². The molecule has 4 aromatic heterocycles. The molecule has 0 spiro atoms. The van der Waals surface area contributed by atoms with Crippen LogP contribution in [0.3, 0.4) is 0 Å². The lowest BCUT2D eigenvalue weighted by Gasteiger charge is -2.06. The van der Waals surface area contributed by atoms with Crippen molar-refractivity contribution in [2.24, 2.45) is 24.1 Å². The van der Waals surface area contributed by atoms with Crippen LogP contribution < -0.4 is 9.60 Å². The highest BCUT2D eigenvalue weighted by Crippen LogP contribution is 2.29. The molecule has 188 valence electrons. The van der Waals surface area contributed by atoms with E-state index < -0.39 is 17.7 Å². The van der Waals surface area contributed by atoms with Gasteiger partial charge in [-0.25, -0.2) is 19.6 Å². The smallest absolute Gasteiger partial charge is 0.350 e. The molecule has 0 saturated heterocycles. The number of aryl methyl sites for hydroxylation is 1. The summed E-state index contributed by atoms with van der Waals surface area (Å²) in [6.45, 7) is 3.58. The number of esters is 2. The van der Waals surface area contributed by atoms with Crippen LogP contribution in [0, 0.1) is 0 Å². The van der Waals surface area contributed by atoms with Gasteiger partial charge in [-0.05, 0) is 13.8 Å². The fourth-order valence-corrected chi connectivity index (χ4v) is 6.16. The summed E-state index contributed by atoms with van der Waals surface area (Å²) in [4.78, 5) is 57.8. The molecule has 0 N–H and O–H groups in total. The van der Waals surface area contributed by atoms with Crippen LogP contribution in [-0.2, 0) is 23.6 Å². The second kappa shape index (κ2) is 11.2. The maximum atomic E-state index is 13.8. The molecule has 0 aliphatic carbocycles. The van der Waals surface area contributed by atoms with Crippen molar-refractivity contribution in [3.05, 3.63) is 53.9 Å². The van der Waals surface area contributed by atoms with Crippen LogP contribution in [-0.4, -0.2) is 50.0 Å². The molecule has 4 rings (SSSR count). The summed E-state index contributed by atoms with van der Waals surface area (Å²) in [6, 6.07) is 0. The number of carbonyl (C=O) groups is 3. The SMILES string of the molecule is CCOC(=O)c1sc(/N=c2/sccn2C)nc1C(=O)c1c(C(=O)OCC)s/c(=N/c2nccs2)n1C. The summed E-state index contributed by atoms with van der Waals surface area (Å²) in [6.07, 6.45) is 3.44. The molecule has 0 bridgehead atoms. The van der Waals surface area contributed by atoms with Gasteiger partial charge < -0.3 is 18.6 Å². The van der Waals surface area contributed by atoms with Gasteiger partial charge in [0.2, 0.25) is 16.0 Å². The van der Waals surface area contributed by atoms with Crippen molar-refractivity contribution >= 4 is 73.3 Å². The largest absolute Gasteiger partial charge is 0.462 e. The number of ether oxygens (including phenoxy) is 2. The van der Waals surface area contributed by atoms with Gasteiger partial charge in [-0.3, -0.25) is 4.79 Å². The number of aromatic nitrogens is 4. The van der Waals surface area contributed by atoms with Gasteiger partial charge in [0.05, 0.1) is 13.2 Å². The van der Waals surface area contributed by atoms with Crippen molar-refractivity contribution in [3.63, 3.8) is 0 Å². The number of ketones is 1. The molecule has 0 aromatic carbocycles. The molecule has 0 unspecified atom stereocenters. The molecule has 4 aromatic rings. The van der Waals surface area contributed by atoms with E-state index in [1.165, 1.54) is 27.2 Å². The number of hydrogen-bond donors (Lipinski definition) is 0. The summed E-state index contributed by atoms with van der Waals surface area (Å²) in [7, 11) is 3.43. The Balaban J connectivity index is 1.89. The van der Waals surface area contributed by atoms with Crippen LogP contribution in [0.15, 0.2) is 33.1 Å². The maximum Gasteiger partial charge on any atom is 0.350 e. The Labute approximate surface area is 220 Å². The molecule has 11 nitrogen and oxygen atoms in total. The van der Waals surface area contributed by atoms with E-state index in [4.69, 9.17) is 9.47 Å². The molecule has 0 aliphatic rings. The van der Waals surface area contributed by atoms with E-state index >= 15 is 0 Å². The molecule has 0 saturated carbocycles. The summed E-state index contributed by atoms with van der Waals surface area (Å²) >= 11 is 4.63. The number of carbonyl (C=O) groups excluding carboxylic acids is 3. The predicted octanol–water partition coefficient (Wildman–Crippen LogP) is 3.45. The fraction of sp³-hybridized carbons (Fsp3) is 0.286. The molecule has 0 amide bonds. The van der Waals surface area contributed by atoms with E-state index in [0.717, 1.165) is 22.7 Å². The zero-order valence-corrected chi connectivity index (χ0v) is 22.8. The lowest BCUT2D eigenvalue weighted by Crippen LogP contribution is -2.20. The topological polar surface area (TPSA) is 130 Å². The van der Waals surface area contributed by atoms with Gasteiger partial charge in [-0.1, -0.05) is 22.7 Å². The average Bonchev–Trinajstić information content (AvgIpc) is 3.64. The number of rotatable bonds is 8. The van der Waals surface area contributed by atoms with Crippen molar-refractivity contribution in [1.29, 1.82) is 0 Å². The van der Waals surface area contributed by atoms with Gasteiger partial charge >= 0.3 is 11.9 Å². The molecule has 0 radical (unpaired) electrons. The zero-order valence-electron chi connectivity index (χ0n) is 19.6. The Hall–Kier alpha value is -3.27. The fourth-order valence-electron chi connectivity index (χ4n) is 2.97. The van der Waals surface area contributed by atoms with Crippen molar-refractivity contribution < 1.29 is 23.9 Å². The van der Waals surface area contributed by atoms with E-state index in [1.807, 2.05) is 18.6 Å². The van der Waals surface area contributed by atoms with Gasteiger partial charge in [0.15, 0.2) is 9.60 Å². The lowest BCUT2D eigenvalue weighted by atomic mass is 10.1. The third-order valence-corrected chi connectivity index (χ3v) is 8.11. The molecular formula is C21H20N6O5S4. The van der Waals surface area contributed by atoms with Crippen molar-refractivity contribution in [2.45, 2.75) is 13.8 Å². The molecule has 4 heterocycles. The molecule has 0 fully saturated rings. The van der Waals surface area contributed by atoms with Gasteiger partial charge in [0, 0.05) is 37.2 Å². The normalized spacial score (nSPS) is 12.2. The highest BCUT2D eigenvalue weighted by Gasteiger charge is 2.32. The summed E-state index contributed by atoms with van der Waals surface area (Å²) in [5.41, 5.74) is -0.158. The van der Waals surface area contributed by atoms with Crippen LogP contribution in [0.5, 0.6) is 0 Å². The van der Waals surface area contributed by atoms with Gasteiger partial charge in [0.25, 0.3) is 0 Å². The monoisotopic (exact) mass is 564 g/mol. The highest BCUT2D eigenvalue weighted by atomic mass is 32.1. The van der Waals surface area contributed by atoms with Crippen LogP contribution in [0.4, 0.5) is 10.3 Å². The third kappa shape index (κ3) is 5.28. The standard InChI is InChI=1S/C21H20N6O5S4/c1-5-31-16(29)14-11(23-19(35-14)25-20-26(3)8-10-34-20)13(28)12-15(17(30)32-6-2)36-21(27(12)4)24-18-22-7-9-33-18/h7-10H,5-6H2,1-4H3/b24-21+,25-20+. The van der Waals surface area contributed by atoms with E-state index in [1.54, 1.807) is 37.0 Å². The van der Waals surface area contributed by atoms with Crippen LogP contribution in [0.1, 0.15) is 49.4 Å². The number of nitrogens with zero attached hydrogens (tertiary/aromatic N) is 6. The first-order valence-electron chi connectivity index (χ1n) is 10.5. The third-order valence-electron chi connectivity index (χ3n) is 4.56. The summed E-state index contributed by atoms with van der Waals surface area (Å²) in [5, 5.41) is 4.30. The minimum absolute atomic E-state index is 0.000713. The Bertz CT molecular complexity index is 1550. The van der Waals surface area contributed by atoms with Crippen molar-refractivity contribution in [3.8, 4) is 0 Å². The van der Waals surface area contributed by atoms with E-state index in [0.29, 0.717) is 14.7 Å². The molecule has 36 heavy (non-hydrogen) atoms. The quantitative estimate of drug-likeness (QED) is 0.237. The molecule has 0 aliphatic heterocycles. The molecule has 15 heteroatoms. The number of thiazole rings is 4. The van der Waals surface area contributed by atoms with E-state index in [2.05, 4.69) is 20.0 Å². The Kier molecular flexibility index (Phi) is 8.03. The van der Waals surface area contributed by atoms with Gasteiger partial charge in [0.1, 0.15) is 21.1 Å². The first kappa shape index (κ1) is 25.8. The van der Waals surface area contributed by atoms with Crippen molar-refractivity contribution in [2.75, 3.05) is 13.2 Å². The number of hydrogen-bond acceptors (Lipinski definition) is 13. The second-order valence-electron chi connectivity index (χ2n) is 6.90. The Morgan fingerprint density at radius 1 is 0.917 bits per heavy atom. The second-order valence-corrected chi connectivity index (χ2v) is 10.6. The minimum Gasteiger partial charge on any atom is -0.462 e. The zero-order chi connectivity index (χ0) is 25.8. The van der Waals surface area contributed by atoms with Crippen LogP contribution in [0.25, 0.3) is 0 Å². The molecular weight excluding hydrogens is 545 g/mol. The van der Waals surface area contributed by atoms with Gasteiger partial charge in [-0.15, -0.1) is 22.7 Å². The Morgan fingerprint density at radius 3 is 2.22 bits per heavy atom.